The van der Waals surface area contributed by atoms with Crippen molar-refractivity contribution >= 4 is 17.9 Å². The van der Waals surface area contributed by atoms with Gasteiger partial charge in [0.1, 0.15) is 5.60 Å². The van der Waals surface area contributed by atoms with Crippen molar-refractivity contribution in [2.75, 3.05) is 25.1 Å². The Kier molecular flexibility index (Phi) is 8.71. The zero-order valence-corrected chi connectivity index (χ0v) is 15.9. The lowest BCUT2D eigenvalue weighted by atomic mass is 10.1. The topological polar surface area (TPSA) is 41.6 Å². The number of rotatable bonds is 7. The Morgan fingerprint density at radius 2 is 1.81 bits per heavy atom. The molecule has 0 aromatic heterocycles. The maximum absolute atomic E-state index is 12.3. The van der Waals surface area contributed by atoms with Crippen LogP contribution in [0.4, 0.5) is 4.79 Å². The van der Waals surface area contributed by atoms with E-state index in [2.05, 4.69) is 18.5 Å². The maximum atomic E-state index is 12.3. The van der Waals surface area contributed by atoms with E-state index in [1.807, 2.05) is 53.3 Å². The van der Waals surface area contributed by atoms with Gasteiger partial charge in [0.05, 0.1) is 0 Å². The van der Waals surface area contributed by atoms with Crippen molar-refractivity contribution in [3.05, 3.63) is 0 Å². The van der Waals surface area contributed by atoms with Crippen molar-refractivity contribution in [2.24, 2.45) is 0 Å². The van der Waals surface area contributed by atoms with Crippen LogP contribution >= 0.6 is 11.8 Å². The molecule has 0 aromatic rings. The fourth-order valence-electron chi connectivity index (χ4n) is 1.92. The molecule has 4 nitrogen and oxygen atoms in total. The molecule has 1 unspecified atom stereocenters. The summed E-state index contributed by atoms with van der Waals surface area (Å²) in [4.78, 5) is 14.2. The molecule has 1 atom stereocenters. The lowest BCUT2D eigenvalue weighted by Gasteiger charge is -2.37. The van der Waals surface area contributed by atoms with E-state index in [-0.39, 0.29) is 11.6 Å². The minimum absolute atomic E-state index is 0.241. The Labute approximate surface area is 135 Å². The summed E-state index contributed by atoms with van der Waals surface area (Å²) in [5, 5.41) is 3.52. The fourth-order valence-corrected chi connectivity index (χ4v) is 2.68. The largest absolute Gasteiger partial charge is 0.444 e. The molecule has 1 N–H and O–H groups in total. The molecule has 21 heavy (non-hydrogen) atoms. The number of carbonyl (C=O) groups is 1. The summed E-state index contributed by atoms with van der Waals surface area (Å²) in [5.74, 6) is 1.10. The quantitative estimate of drug-likeness (QED) is 0.776. The number of hydrogen-bond acceptors (Lipinski definition) is 4. The first-order valence-corrected chi connectivity index (χ1v) is 9.13. The zero-order valence-electron chi connectivity index (χ0n) is 15.1. The molecule has 0 saturated carbocycles. The molecule has 126 valence electrons. The first kappa shape index (κ1) is 20.6. The van der Waals surface area contributed by atoms with Crippen molar-refractivity contribution in [1.82, 2.24) is 10.2 Å². The Balaban J connectivity index is 4.55. The second kappa shape index (κ2) is 8.89. The van der Waals surface area contributed by atoms with E-state index in [1.165, 1.54) is 0 Å². The summed E-state index contributed by atoms with van der Waals surface area (Å²) in [6.07, 6.45) is 2.98. The molecule has 0 rings (SSSR count). The normalized spacial score (nSPS) is 13.9. The predicted octanol–water partition coefficient (Wildman–Crippen LogP) is 3.75. The Hall–Kier alpha value is -0.420. The summed E-state index contributed by atoms with van der Waals surface area (Å²) >= 11 is 1.85. The van der Waals surface area contributed by atoms with Crippen LogP contribution in [0, 0.1) is 0 Å². The van der Waals surface area contributed by atoms with E-state index in [4.69, 9.17) is 4.74 Å². The molecule has 0 heterocycles. The van der Waals surface area contributed by atoms with Gasteiger partial charge in [-0.05, 0) is 54.2 Å². The van der Waals surface area contributed by atoms with Crippen molar-refractivity contribution < 1.29 is 9.53 Å². The lowest BCUT2D eigenvalue weighted by Crippen LogP contribution is -2.51. The third-order valence-electron chi connectivity index (χ3n) is 3.05. The number of hydrogen-bond donors (Lipinski definition) is 1. The second-order valence-electron chi connectivity index (χ2n) is 7.32. The van der Waals surface area contributed by atoms with Crippen LogP contribution in [0.5, 0.6) is 0 Å². The van der Waals surface area contributed by atoms with Gasteiger partial charge in [-0.1, -0.05) is 6.92 Å². The average Bonchev–Trinajstić information content (AvgIpc) is 2.28. The van der Waals surface area contributed by atoms with Crippen molar-refractivity contribution in [3.8, 4) is 0 Å². The van der Waals surface area contributed by atoms with Gasteiger partial charge in [-0.3, -0.25) is 0 Å². The molecule has 0 aliphatic heterocycles. The van der Waals surface area contributed by atoms with E-state index in [0.717, 1.165) is 18.7 Å². The second-order valence-corrected chi connectivity index (χ2v) is 8.23. The first-order chi connectivity index (χ1) is 9.51. The van der Waals surface area contributed by atoms with E-state index in [9.17, 15) is 4.79 Å². The molecule has 0 saturated heterocycles. The summed E-state index contributed by atoms with van der Waals surface area (Å²) in [6.45, 7) is 15.4. The zero-order chi connectivity index (χ0) is 16.7. The summed E-state index contributed by atoms with van der Waals surface area (Å²) < 4.78 is 5.51. The van der Waals surface area contributed by atoms with E-state index < -0.39 is 5.60 Å². The fraction of sp³-hybridized carbons (Fsp3) is 0.938. The van der Waals surface area contributed by atoms with Gasteiger partial charge in [-0.2, -0.15) is 11.8 Å². The van der Waals surface area contributed by atoms with Crippen LogP contribution < -0.4 is 5.32 Å². The van der Waals surface area contributed by atoms with Crippen LogP contribution in [0.2, 0.25) is 0 Å². The number of thioether (sulfide) groups is 1. The maximum Gasteiger partial charge on any atom is 0.410 e. The number of nitrogens with one attached hydrogen (secondary N) is 1. The minimum atomic E-state index is -0.460. The van der Waals surface area contributed by atoms with E-state index in [0.29, 0.717) is 12.6 Å². The highest BCUT2D eigenvalue weighted by Gasteiger charge is 2.30. The number of carbonyl (C=O) groups excluding carboxylic acids is 1. The Morgan fingerprint density at radius 3 is 2.19 bits per heavy atom. The first-order valence-electron chi connectivity index (χ1n) is 7.74. The standard InChI is InChI=1S/C16H34N2O2S/c1-9-13(12-21-8)17-10-11-18(15(2,3)4)14(19)20-16(5,6)7/h13,17H,9-12H2,1-8H3. The minimum Gasteiger partial charge on any atom is -0.444 e. The lowest BCUT2D eigenvalue weighted by molar-refractivity contribution is 0.00650. The molecule has 0 bridgehead atoms. The van der Waals surface area contributed by atoms with E-state index in [1.54, 1.807) is 4.90 Å². The third-order valence-corrected chi connectivity index (χ3v) is 3.79. The molecule has 0 aromatic carbocycles. The van der Waals surface area contributed by atoms with Crippen molar-refractivity contribution in [1.29, 1.82) is 0 Å². The van der Waals surface area contributed by atoms with Gasteiger partial charge in [0.15, 0.2) is 0 Å². The van der Waals surface area contributed by atoms with Crippen LogP contribution in [0.3, 0.4) is 0 Å². The molecule has 0 aliphatic carbocycles. The molecule has 0 aliphatic rings. The van der Waals surface area contributed by atoms with Crippen molar-refractivity contribution in [2.45, 2.75) is 72.1 Å². The molecule has 5 heteroatoms. The van der Waals surface area contributed by atoms with Crippen LogP contribution in [-0.2, 0) is 4.74 Å². The molecule has 0 radical (unpaired) electrons. The van der Waals surface area contributed by atoms with Crippen LogP contribution in [0.1, 0.15) is 54.9 Å². The number of amides is 1. The predicted molar refractivity (Wildman–Crippen MR) is 93.2 cm³/mol. The van der Waals surface area contributed by atoms with Gasteiger partial charge in [0, 0.05) is 30.4 Å². The van der Waals surface area contributed by atoms with Gasteiger partial charge in [-0.25, -0.2) is 4.79 Å². The highest BCUT2D eigenvalue weighted by Crippen LogP contribution is 2.18. The highest BCUT2D eigenvalue weighted by atomic mass is 32.2. The van der Waals surface area contributed by atoms with Gasteiger partial charge < -0.3 is 15.0 Å². The van der Waals surface area contributed by atoms with Gasteiger partial charge >= 0.3 is 6.09 Å². The molecule has 1 amide bonds. The Bertz CT molecular complexity index is 308. The van der Waals surface area contributed by atoms with Crippen LogP contribution in [-0.4, -0.2) is 53.3 Å². The summed E-state index contributed by atoms with van der Waals surface area (Å²) in [7, 11) is 0. The van der Waals surface area contributed by atoms with Gasteiger partial charge in [-0.15, -0.1) is 0 Å². The number of nitrogens with zero attached hydrogens (tertiary/aromatic N) is 1. The average molecular weight is 319 g/mol. The molecular weight excluding hydrogens is 284 g/mol. The third kappa shape index (κ3) is 9.25. The summed E-state index contributed by atoms with van der Waals surface area (Å²) in [6, 6.07) is 0.500. The number of ether oxygens (including phenoxy) is 1. The van der Waals surface area contributed by atoms with E-state index >= 15 is 0 Å². The molecular formula is C16H34N2O2S. The smallest absolute Gasteiger partial charge is 0.410 e. The molecule has 0 fully saturated rings. The van der Waals surface area contributed by atoms with Crippen LogP contribution in [0.25, 0.3) is 0 Å². The van der Waals surface area contributed by atoms with Crippen LogP contribution in [0.15, 0.2) is 0 Å². The summed E-state index contributed by atoms with van der Waals surface area (Å²) in [5.41, 5.74) is -0.704. The van der Waals surface area contributed by atoms with Crippen molar-refractivity contribution in [3.63, 3.8) is 0 Å². The SMILES string of the molecule is CCC(CSC)NCCN(C(=O)OC(C)(C)C)C(C)(C)C. The monoisotopic (exact) mass is 318 g/mol. The highest BCUT2D eigenvalue weighted by molar-refractivity contribution is 7.98. The Morgan fingerprint density at radius 1 is 1.24 bits per heavy atom. The van der Waals surface area contributed by atoms with Gasteiger partial charge in [0.2, 0.25) is 0 Å². The van der Waals surface area contributed by atoms with Gasteiger partial charge in [0.25, 0.3) is 0 Å². The molecule has 0 spiro atoms.